The maximum Gasteiger partial charge on any atom is 0.247 e. The molecule has 1 amide bonds. The molecule has 1 N–H and O–H groups in total. The van der Waals surface area contributed by atoms with Crippen molar-refractivity contribution in [3.8, 4) is 0 Å². The molecule has 7 nitrogen and oxygen atoms in total. The van der Waals surface area contributed by atoms with Crippen LogP contribution in [-0.4, -0.2) is 40.6 Å². The van der Waals surface area contributed by atoms with Gasteiger partial charge in [-0.3, -0.25) is 10.1 Å². The molecule has 0 radical (unpaired) electrons. The summed E-state index contributed by atoms with van der Waals surface area (Å²) in [6.45, 7) is 3.61. The van der Waals surface area contributed by atoms with E-state index in [0.717, 1.165) is 21.5 Å². The van der Waals surface area contributed by atoms with Crippen LogP contribution in [0.25, 0.3) is 0 Å². The van der Waals surface area contributed by atoms with Gasteiger partial charge in [0.05, 0.1) is 0 Å². The van der Waals surface area contributed by atoms with Gasteiger partial charge in [0, 0.05) is 12.3 Å². The zero-order valence-corrected chi connectivity index (χ0v) is 19.2. The monoisotopic (exact) mass is 490 g/mol. The molecule has 0 spiro atoms. The first-order chi connectivity index (χ1) is 15.4. The van der Waals surface area contributed by atoms with E-state index in [1.54, 1.807) is 18.2 Å². The van der Waals surface area contributed by atoms with E-state index in [0.29, 0.717) is 10.1 Å². The summed E-state index contributed by atoms with van der Waals surface area (Å²) in [5.41, 5.74) is 1.64. The standard InChI is InChI=1S/C21H19FN4O3S3/c1-2-11-30-21-25-24-20(31-21)23-19(27)17-12-14-7-3-4-8-15(14)13-26(17)32(28,29)18-10-6-5-9-16(18)22/h2-10,17H,1,11-13H2,(H,23,24,27). The van der Waals surface area contributed by atoms with Crippen molar-refractivity contribution in [1.29, 1.82) is 0 Å². The molecule has 11 heteroatoms. The minimum atomic E-state index is -4.28. The van der Waals surface area contributed by atoms with Gasteiger partial charge in [-0.1, -0.05) is 65.6 Å². The fourth-order valence-electron chi connectivity index (χ4n) is 3.39. The van der Waals surface area contributed by atoms with Crippen LogP contribution >= 0.6 is 23.1 Å². The first-order valence-corrected chi connectivity index (χ1v) is 12.9. The van der Waals surface area contributed by atoms with Gasteiger partial charge < -0.3 is 0 Å². The summed E-state index contributed by atoms with van der Waals surface area (Å²) in [6.07, 6.45) is 1.89. The number of sulfonamides is 1. The molecule has 4 rings (SSSR count). The number of thioether (sulfide) groups is 1. The van der Waals surface area contributed by atoms with E-state index >= 15 is 0 Å². The number of aromatic nitrogens is 2. The molecule has 0 bridgehead atoms. The highest BCUT2D eigenvalue weighted by Crippen LogP contribution is 2.31. The third kappa shape index (κ3) is 4.60. The van der Waals surface area contributed by atoms with Gasteiger partial charge in [-0.15, -0.1) is 16.8 Å². The Bertz CT molecular complexity index is 1260. The molecule has 32 heavy (non-hydrogen) atoms. The summed E-state index contributed by atoms with van der Waals surface area (Å²) in [6, 6.07) is 11.4. The second-order valence-electron chi connectivity index (χ2n) is 6.93. The minimum absolute atomic E-state index is 0.0402. The average Bonchev–Trinajstić information content (AvgIpc) is 3.24. The lowest BCUT2D eigenvalue weighted by Gasteiger charge is -2.34. The first-order valence-electron chi connectivity index (χ1n) is 9.61. The lowest BCUT2D eigenvalue weighted by atomic mass is 9.95. The fourth-order valence-corrected chi connectivity index (χ4v) is 6.54. The number of anilines is 1. The summed E-state index contributed by atoms with van der Waals surface area (Å²) in [4.78, 5) is 12.7. The summed E-state index contributed by atoms with van der Waals surface area (Å²) in [5, 5.41) is 10.9. The molecule has 0 saturated carbocycles. The van der Waals surface area contributed by atoms with Crippen LogP contribution in [0.3, 0.4) is 0 Å². The van der Waals surface area contributed by atoms with Crippen LogP contribution in [0, 0.1) is 5.82 Å². The topological polar surface area (TPSA) is 92.3 Å². The molecule has 2 aromatic carbocycles. The number of fused-ring (bicyclic) bond motifs is 1. The molecule has 0 saturated heterocycles. The highest BCUT2D eigenvalue weighted by Gasteiger charge is 2.40. The van der Waals surface area contributed by atoms with Crippen molar-refractivity contribution >= 4 is 44.2 Å². The number of rotatable bonds is 7. The van der Waals surface area contributed by atoms with Crippen molar-refractivity contribution in [2.45, 2.75) is 28.2 Å². The Morgan fingerprint density at radius 3 is 2.69 bits per heavy atom. The number of hydrogen-bond acceptors (Lipinski definition) is 7. The predicted octanol–water partition coefficient (Wildman–Crippen LogP) is 3.71. The summed E-state index contributed by atoms with van der Waals surface area (Å²) >= 11 is 2.62. The van der Waals surface area contributed by atoms with Crippen LogP contribution in [-0.2, 0) is 27.8 Å². The molecule has 0 fully saturated rings. The van der Waals surface area contributed by atoms with Gasteiger partial charge in [0.1, 0.15) is 16.8 Å². The number of hydrogen-bond donors (Lipinski definition) is 1. The van der Waals surface area contributed by atoms with Gasteiger partial charge in [0.25, 0.3) is 0 Å². The molecule has 1 atom stereocenters. The highest BCUT2D eigenvalue weighted by atomic mass is 32.2. The Kier molecular flexibility index (Phi) is 6.70. The molecule has 1 aromatic heterocycles. The van der Waals surface area contributed by atoms with Crippen molar-refractivity contribution in [2.75, 3.05) is 11.1 Å². The number of nitrogens with zero attached hydrogens (tertiary/aromatic N) is 3. The van der Waals surface area contributed by atoms with E-state index in [1.165, 1.54) is 41.3 Å². The SMILES string of the molecule is C=CCSc1nnc(NC(=O)C2Cc3ccccc3CN2S(=O)(=O)c2ccccc2F)s1. The summed E-state index contributed by atoms with van der Waals surface area (Å²) in [5.74, 6) is -0.759. The Morgan fingerprint density at radius 1 is 1.22 bits per heavy atom. The fraction of sp³-hybridized carbons (Fsp3) is 0.190. The normalized spacial score (nSPS) is 16.3. The molecule has 1 unspecified atom stereocenters. The molecular formula is C21H19FN4O3S3. The molecule has 3 aromatic rings. The van der Waals surface area contributed by atoms with Crippen LogP contribution < -0.4 is 5.32 Å². The molecule has 1 aliphatic rings. The maximum atomic E-state index is 14.4. The van der Waals surface area contributed by atoms with Gasteiger partial charge in [-0.25, -0.2) is 12.8 Å². The molecule has 0 aliphatic carbocycles. The van der Waals surface area contributed by atoms with Gasteiger partial charge in [-0.05, 0) is 29.7 Å². The zero-order valence-electron chi connectivity index (χ0n) is 16.8. The first kappa shape index (κ1) is 22.6. The van der Waals surface area contributed by atoms with E-state index in [4.69, 9.17) is 0 Å². The molecule has 2 heterocycles. The minimum Gasteiger partial charge on any atom is -0.299 e. The number of benzene rings is 2. The van der Waals surface area contributed by atoms with E-state index in [2.05, 4.69) is 22.1 Å². The van der Waals surface area contributed by atoms with Crippen LogP contribution in [0.2, 0.25) is 0 Å². The van der Waals surface area contributed by atoms with E-state index in [9.17, 15) is 17.6 Å². The number of carbonyl (C=O) groups is 1. The quantitative estimate of drug-likeness (QED) is 0.308. The van der Waals surface area contributed by atoms with Crippen LogP contribution in [0.4, 0.5) is 9.52 Å². The highest BCUT2D eigenvalue weighted by molar-refractivity contribution is 8.01. The van der Waals surface area contributed by atoms with Crippen LogP contribution in [0.15, 0.2) is 70.4 Å². The van der Waals surface area contributed by atoms with Gasteiger partial charge >= 0.3 is 0 Å². The largest absolute Gasteiger partial charge is 0.299 e. The average molecular weight is 491 g/mol. The number of nitrogens with one attached hydrogen (secondary N) is 1. The van der Waals surface area contributed by atoms with Crippen molar-refractivity contribution in [3.63, 3.8) is 0 Å². The number of amides is 1. The predicted molar refractivity (Wildman–Crippen MR) is 123 cm³/mol. The molecule has 1 aliphatic heterocycles. The lowest BCUT2D eigenvalue weighted by molar-refractivity contribution is -0.120. The summed E-state index contributed by atoms with van der Waals surface area (Å²) in [7, 11) is -4.28. The van der Waals surface area contributed by atoms with Crippen molar-refractivity contribution in [1.82, 2.24) is 14.5 Å². The van der Waals surface area contributed by atoms with Gasteiger partial charge in [-0.2, -0.15) is 4.31 Å². The van der Waals surface area contributed by atoms with Gasteiger partial charge in [0.2, 0.25) is 21.1 Å². The van der Waals surface area contributed by atoms with Gasteiger partial charge in [0.15, 0.2) is 4.34 Å². The second kappa shape index (κ2) is 9.49. The third-order valence-corrected chi connectivity index (χ3v) is 8.75. The van der Waals surface area contributed by atoms with E-state index < -0.39 is 32.7 Å². The van der Waals surface area contributed by atoms with E-state index in [1.807, 2.05) is 12.1 Å². The van der Waals surface area contributed by atoms with Crippen molar-refractivity contribution in [2.24, 2.45) is 0 Å². The zero-order chi connectivity index (χ0) is 22.7. The Balaban J connectivity index is 1.66. The van der Waals surface area contributed by atoms with Crippen molar-refractivity contribution in [3.05, 3.63) is 78.1 Å². The van der Waals surface area contributed by atoms with Crippen LogP contribution in [0.5, 0.6) is 0 Å². The number of halogens is 1. The molecular weight excluding hydrogens is 471 g/mol. The second-order valence-corrected chi connectivity index (χ2v) is 11.0. The third-order valence-electron chi connectivity index (χ3n) is 4.89. The Hall–Kier alpha value is -2.60. The summed E-state index contributed by atoms with van der Waals surface area (Å²) < 4.78 is 42.8. The van der Waals surface area contributed by atoms with Crippen LogP contribution in [0.1, 0.15) is 11.1 Å². The Morgan fingerprint density at radius 2 is 1.94 bits per heavy atom. The van der Waals surface area contributed by atoms with Crippen molar-refractivity contribution < 1.29 is 17.6 Å². The number of carbonyl (C=O) groups excluding carboxylic acids is 1. The maximum absolute atomic E-state index is 14.4. The molecule has 166 valence electrons. The van der Waals surface area contributed by atoms with E-state index in [-0.39, 0.29) is 18.1 Å². The Labute approximate surface area is 193 Å². The smallest absolute Gasteiger partial charge is 0.247 e. The lowest BCUT2D eigenvalue weighted by Crippen LogP contribution is -2.50.